The quantitative estimate of drug-likeness (QED) is 0.603. The van der Waals surface area contributed by atoms with E-state index in [0.717, 1.165) is 5.56 Å². The Balaban J connectivity index is 2.14. The fraction of sp³-hybridized carbons (Fsp3) is 0.188. The van der Waals surface area contributed by atoms with Gasteiger partial charge in [-0.15, -0.1) is 0 Å². The first-order chi connectivity index (χ1) is 10.6. The summed E-state index contributed by atoms with van der Waals surface area (Å²) in [4.78, 5) is 12.0. The van der Waals surface area contributed by atoms with Crippen molar-refractivity contribution in [1.29, 1.82) is 5.26 Å². The predicted octanol–water partition coefficient (Wildman–Crippen LogP) is 2.23. The number of hydrogen-bond donors (Lipinski definition) is 0. The van der Waals surface area contributed by atoms with Gasteiger partial charge in [0.15, 0.2) is 23.9 Å². The fourth-order valence-electron chi connectivity index (χ4n) is 1.83. The number of carbonyl (C=O) groups excluding carboxylic acids is 1. The maximum atomic E-state index is 12.0. The zero-order chi connectivity index (χ0) is 15.9. The molecule has 0 radical (unpaired) electrons. The van der Waals surface area contributed by atoms with Crippen molar-refractivity contribution >= 4 is 11.9 Å². The highest BCUT2D eigenvalue weighted by molar-refractivity contribution is 6.06. The van der Waals surface area contributed by atoms with Gasteiger partial charge in [-0.05, 0) is 23.8 Å². The molecule has 0 spiro atoms. The summed E-state index contributed by atoms with van der Waals surface area (Å²) in [7, 11) is 3.27. The number of ketones is 1. The van der Waals surface area contributed by atoms with Gasteiger partial charge in [0.2, 0.25) is 0 Å². The summed E-state index contributed by atoms with van der Waals surface area (Å²) in [5, 5.41) is 12.5. The van der Waals surface area contributed by atoms with Crippen molar-refractivity contribution in [3.05, 3.63) is 47.8 Å². The van der Waals surface area contributed by atoms with Crippen LogP contribution in [0.2, 0.25) is 0 Å². The van der Waals surface area contributed by atoms with E-state index in [1.54, 1.807) is 42.2 Å². The molecule has 6 nitrogen and oxygen atoms in total. The minimum Gasteiger partial charge on any atom is -0.493 e. The first kappa shape index (κ1) is 15.3. The molecule has 0 aliphatic heterocycles. The lowest BCUT2D eigenvalue weighted by Crippen LogP contribution is -1.97. The molecular weight excluding hydrogens is 282 g/mol. The van der Waals surface area contributed by atoms with Crippen LogP contribution >= 0.6 is 0 Å². The SMILES string of the molecule is COc1cc(/C=C/C(=O)c2cnn(C)c2)ccc1OCC#N. The maximum absolute atomic E-state index is 12.0. The number of rotatable bonds is 6. The number of allylic oxidation sites excluding steroid dienone is 1. The third kappa shape index (κ3) is 3.73. The summed E-state index contributed by atoms with van der Waals surface area (Å²) in [6.07, 6.45) is 6.34. The Labute approximate surface area is 128 Å². The van der Waals surface area contributed by atoms with Gasteiger partial charge in [0, 0.05) is 13.2 Å². The lowest BCUT2D eigenvalue weighted by Gasteiger charge is -2.08. The number of aryl methyl sites for hydroxylation is 1. The van der Waals surface area contributed by atoms with Crippen LogP contribution in [0.15, 0.2) is 36.7 Å². The number of nitrogens with zero attached hydrogens (tertiary/aromatic N) is 3. The average Bonchev–Trinajstić information content (AvgIpc) is 2.97. The topological polar surface area (TPSA) is 77.1 Å². The predicted molar refractivity (Wildman–Crippen MR) is 80.7 cm³/mol. The van der Waals surface area contributed by atoms with Crippen molar-refractivity contribution in [2.45, 2.75) is 0 Å². The van der Waals surface area contributed by atoms with Crippen LogP contribution in [0.25, 0.3) is 6.08 Å². The summed E-state index contributed by atoms with van der Waals surface area (Å²) in [6, 6.07) is 7.11. The summed E-state index contributed by atoms with van der Waals surface area (Å²) >= 11 is 0. The van der Waals surface area contributed by atoms with Crippen molar-refractivity contribution in [3.8, 4) is 17.6 Å². The van der Waals surface area contributed by atoms with Gasteiger partial charge in [-0.1, -0.05) is 12.1 Å². The maximum Gasteiger partial charge on any atom is 0.189 e. The Morgan fingerprint density at radius 1 is 1.45 bits per heavy atom. The van der Waals surface area contributed by atoms with Crippen molar-refractivity contribution in [3.63, 3.8) is 0 Å². The Kier molecular flexibility index (Phi) is 4.94. The van der Waals surface area contributed by atoms with Crippen LogP contribution in [0, 0.1) is 11.3 Å². The Morgan fingerprint density at radius 2 is 2.27 bits per heavy atom. The van der Waals surface area contributed by atoms with Gasteiger partial charge in [0.05, 0.1) is 18.9 Å². The number of aromatic nitrogens is 2. The van der Waals surface area contributed by atoms with Gasteiger partial charge in [-0.2, -0.15) is 10.4 Å². The molecule has 0 aliphatic rings. The highest BCUT2D eigenvalue weighted by Gasteiger charge is 2.06. The Hall–Kier alpha value is -3.07. The van der Waals surface area contributed by atoms with Crippen molar-refractivity contribution in [2.75, 3.05) is 13.7 Å². The molecular formula is C16H15N3O3. The van der Waals surface area contributed by atoms with Crippen molar-refractivity contribution in [1.82, 2.24) is 9.78 Å². The van der Waals surface area contributed by atoms with Crippen LogP contribution in [0.1, 0.15) is 15.9 Å². The lowest BCUT2D eigenvalue weighted by molar-refractivity contribution is 0.104. The largest absolute Gasteiger partial charge is 0.493 e. The molecule has 0 saturated carbocycles. The van der Waals surface area contributed by atoms with E-state index >= 15 is 0 Å². The molecule has 112 valence electrons. The summed E-state index contributed by atoms with van der Waals surface area (Å²) < 4.78 is 12.0. The second-order valence-electron chi connectivity index (χ2n) is 4.46. The second kappa shape index (κ2) is 7.09. The molecule has 0 saturated heterocycles. The zero-order valence-corrected chi connectivity index (χ0v) is 12.3. The number of hydrogen-bond acceptors (Lipinski definition) is 5. The van der Waals surface area contributed by atoms with Gasteiger partial charge in [-0.3, -0.25) is 9.48 Å². The van der Waals surface area contributed by atoms with E-state index in [0.29, 0.717) is 17.1 Å². The molecule has 1 aromatic heterocycles. The number of nitriles is 1. The van der Waals surface area contributed by atoms with Crippen LogP contribution < -0.4 is 9.47 Å². The molecule has 6 heteroatoms. The Morgan fingerprint density at radius 3 is 2.91 bits per heavy atom. The van der Waals surface area contributed by atoms with E-state index in [1.165, 1.54) is 19.4 Å². The molecule has 0 N–H and O–H groups in total. The molecule has 1 aromatic carbocycles. The van der Waals surface area contributed by atoms with Crippen LogP contribution in [0.4, 0.5) is 0 Å². The summed E-state index contributed by atoms with van der Waals surface area (Å²) in [5.41, 5.74) is 1.32. The molecule has 22 heavy (non-hydrogen) atoms. The highest BCUT2D eigenvalue weighted by Crippen LogP contribution is 2.28. The first-order valence-electron chi connectivity index (χ1n) is 6.53. The third-order valence-electron chi connectivity index (χ3n) is 2.90. The van der Waals surface area contributed by atoms with E-state index in [-0.39, 0.29) is 12.4 Å². The van der Waals surface area contributed by atoms with E-state index in [4.69, 9.17) is 14.7 Å². The zero-order valence-electron chi connectivity index (χ0n) is 12.3. The van der Waals surface area contributed by atoms with Crippen LogP contribution in [0.3, 0.4) is 0 Å². The van der Waals surface area contributed by atoms with Gasteiger partial charge < -0.3 is 9.47 Å². The standard InChI is InChI=1S/C16H15N3O3/c1-19-11-13(10-18-19)14(20)5-3-12-4-6-15(22-8-7-17)16(9-12)21-2/h3-6,9-11H,8H2,1-2H3/b5-3+. The van der Waals surface area contributed by atoms with Crippen molar-refractivity contribution < 1.29 is 14.3 Å². The first-order valence-corrected chi connectivity index (χ1v) is 6.53. The highest BCUT2D eigenvalue weighted by atomic mass is 16.5. The average molecular weight is 297 g/mol. The summed E-state index contributed by atoms with van der Waals surface area (Å²) in [6.45, 7) is -0.0506. The van der Waals surface area contributed by atoms with Crippen molar-refractivity contribution in [2.24, 2.45) is 7.05 Å². The Bertz CT molecular complexity index is 741. The van der Waals surface area contributed by atoms with E-state index in [1.807, 2.05) is 6.07 Å². The monoisotopic (exact) mass is 297 g/mol. The molecule has 0 amide bonds. The number of benzene rings is 1. The van der Waals surface area contributed by atoms with E-state index < -0.39 is 0 Å². The normalized spacial score (nSPS) is 10.4. The van der Waals surface area contributed by atoms with E-state index in [9.17, 15) is 4.79 Å². The molecule has 2 aromatic rings. The van der Waals surface area contributed by atoms with E-state index in [2.05, 4.69) is 5.10 Å². The van der Waals surface area contributed by atoms with Gasteiger partial charge in [0.25, 0.3) is 0 Å². The van der Waals surface area contributed by atoms with Gasteiger partial charge in [-0.25, -0.2) is 0 Å². The third-order valence-corrected chi connectivity index (χ3v) is 2.90. The molecule has 1 heterocycles. The smallest absolute Gasteiger partial charge is 0.189 e. The second-order valence-corrected chi connectivity index (χ2v) is 4.46. The molecule has 2 rings (SSSR count). The van der Waals surface area contributed by atoms with Crippen LogP contribution in [0.5, 0.6) is 11.5 Å². The molecule has 0 atom stereocenters. The van der Waals surface area contributed by atoms with Crippen LogP contribution in [-0.2, 0) is 7.05 Å². The number of methoxy groups -OCH3 is 1. The molecule has 0 fully saturated rings. The number of ether oxygens (including phenoxy) is 2. The molecule has 0 unspecified atom stereocenters. The summed E-state index contributed by atoms with van der Waals surface area (Å²) in [5.74, 6) is 0.864. The number of carbonyl (C=O) groups is 1. The lowest BCUT2D eigenvalue weighted by atomic mass is 10.1. The van der Waals surface area contributed by atoms with Gasteiger partial charge in [0.1, 0.15) is 6.07 Å². The molecule has 0 bridgehead atoms. The minimum absolute atomic E-state index is 0.0506. The van der Waals surface area contributed by atoms with Crippen LogP contribution in [-0.4, -0.2) is 29.3 Å². The van der Waals surface area contributed by atoms with Gasteiger partial charge >= 0.3 is 0 Å². The molecule has 0 aliphatic carbocycles. The fourth-order valence-corrected chi connectivity index (χ4v) is 1.83. The minimum atomic E-state index is -0.128.